The van der Waals surface area contributed by atoms with Gasteiger partial charge in [0.1, 0.15) is 6.10 Å². The fraction of sp³-hybridized carbons (Fsp3) is 0.385. The maximum absolute atomic E-state index is 12.4. The Labute approximate surface area is 98.5 Å². The van der Waals surface area contributed by atoms with E-state index in [0.29, 0.717) is 12.2 Å². The van der Waals surface area contributed by atoms with Gasteiger partial charge >= 0.3 is 0 Å². The fourth-order valence-electron chi connectivity index (χ4n) is 1.82. The minimum Gasteiger partial charge on any atom is -0.501 e. The highest BCUT2D eigenvalue weighted by molar-refractivity contribution is 5.29. The van der Waals surface area contributed by atoms with E-state index >= 15 is 0 Å². The van der Waals surface area contributed by atoms with Crippen LogP contribution < -0.4 is 0 Å². The molecule has 4 heteroatoms. The molecule has 1 heterocycles. The van der Waals surface area contributed by atoms with Crippen molar-refractivity contribution in [2.75, 3.05) is 6.61 Å². The number of benzene rings is 1. The monoisotopic (exact) mass is 240 g/mol. The Morgan fingerprint density at radius 1 is 1.12 bits per heavy atom. The van der Waals surface area contributed by atoms with E-state index in [9.17, 15) is 13.9 Å². The highest BCUT2D eigenvalue weighted by Crippen LogP contribution is 2.28. The van der Waals surface area contributed by atoms with E-state index in [2.05, 4.69) is 0 Å². The van der Waals surface area contributed by atoms with Crippen LogP contribution >= 0.6 is 0 Å². The molecule has 0 saturated heterocycles. The molecule has 92 valence electrons. The smallest absolute Gasteiger partial charge is 0.263 e. The molecular weight excluding hydrogens is 226 g/mol. The Hall–Kier alpha value is -1.42. The van der Waals surface area contributed by atoms with Crippen molar-refractivity contribution < 1.29 is 18.6 Å². The van der Waals surface area contributed by atoms with Gasteiger partial charge in [0, 0.05) is 5.56 Å². The average Bonchev–Trinajstić information content (AvgIpc) is 2.39. The van der Waals surface area contributed by atoms with E-state index < -0.39 is 12.5 Å². The molecule has 0 radical (unpaired) electrons. The lowest BCUT2D eigenvalue weighted by Gasteiger charge is -2.19. The molecule has 0 bridgehead atoms. The zero-order valence-electron chi connectivity index (χ0n) is 9.27. The van der Waals surface area contributed by atoms with Crippen molar-refractivity contribution in [3.63, 3.8) is 0 Å². The number of rotatable bonds is 3. The summed E-state index contributed by atoms with van der Waals surface area (Å²) in [6.07, 6.45) is -0.0224. The number of aliphatic hydroxyl groups excluding tert-OH is 1. The second-order valence-corrected chi connectivity index (χ2v) is 4.04. The molecule has 2 nitrogen and oxygen atoms in total. The van der Waals surface area contributed by atoms with Crippen LogP contribution in [0.2, 0.25) is 0 Å². The van der Waals surface area contributed by atoms with Crippen molar-refractivity contribution in [2.24, 2.45) is 0 Å². The SMILES string of the molecule is OC(C1=COCCC1)c1ccc(C(F)F)cc1. The first-order chi connectivity index (χ1) is 8.18. The Kier molecular flexibility index (Phi) is 3.74. The minimum absolute atomic E-state index is 0.0326. The lowest BCUT2D eigenvalue weighted by molar-refractivity contribution is 0.151. The number of hydrogen-bond donors (Lipinski definition) is 1. The van der Waals surface area contributed by atoms with Gasteiger partial charge in [-0.3, -0.25) is 0 Å². The predicted octanol–water partition coefficient (Wildman–Crippen LogP) is 3.35. The van der Waals surface area contributed by atoms with Crippen molar-refractivity contribution in [3.05, 3.63) is 47.2 Å². The van der Waals surface area contributed by atoms with Crippen LogP contribution in [0.4, 0.5) is 8.78 Å². The van der Waals surface area contributed by atoms with Gasteiger partial charge in [0.05, 0.1) is 12.9 Å². The van der Waals surface area contributed by atoms with Gasteiger partial charge in [-0.15, -0.1) is 0 Å². The molecule has 0 fully saturated rings. The maximum atomic E-state index is 12.4. The van der Waals surface area contributed by atoms with E-state index in [0.717, 1.165) is 18.4 Å². The summed E-state index contributed by atoms with van der Waals surface area (Å²) in [6, 6.07) is 5.74. The summed E-state index contributed by atoms with van der Waals surface area (Å²) in [4.78, 5) is 0. The average molecular weight is 240 g/mol. The van der Waals surface area contributed by atoms with Crippen LogP contribution in [0.1, 0.15) is 36.5 Å². The van der Waals surface area contributed by atoms with E-state index in [-0.39, 0.29) is 5.56 Å². The first kappa shape index (κ1) is 12.0. The van der Waals surface area contributed by atoms with Gasteiger partial charge in [0.25, 0.3) is 6.43 Å². The largest absolute Gasteiger partial charge is 0.501 e. The van der Waals surface area contributed by atoms with E-state index in [4.69, 9.17) is 4.74 Å². The van der Waals surface area contributed by atoms with Crippen molar-refractivity contribution in [2.45, 2.75) is 25.4 Å². The van der Waals surface area contributed by atoms with Gasteiger partial charge in [-0.2, -0.15) is 0 Å². The quantitative estimate of drug-likeness (QED) is 0.877. The molecule has 0 amide bonds. The Balaban J connectivity index is 2.13. The predicted molar refractivity (Wildman–Crippen MR) is 59.6 cm³/mol. The third-order valence-corrected chi connectivity index (χ3v) is 2.82. The molecule has 1 aromatic rings. The van der Waals surface area contributed by atoms with Crippen molar-refractivity contribution in [3.8, 4) is 0 Å². The molecule has 2 rings (SSSR count). The topological polar surface area (TPSA) is 29.5 Å². The Morgan fingerprint density at radius 3 is 2.29 bits per heavy atom. The van der Waals surface area contributed by atoms with Crippen LogP contribution in [0.25, 0.3) is 0 Å². The normalized spacial score (nSPS) is 17.5. The van der Waals surface area contributed by atoms with Crippen LogP contribution in [0.5, 0.6) is 0 Å². The number of ether oxygens (including phenoxy) is 1. The van der Waals surface area contributed by atoms with Crippen LogP contribution in [0.15, 0.2) is 36.1 Å². The molecule has 0 aromatic heterocycles. The summed E-state index contributed by atoms with van der Waals surface area (Å²) >= 11 is 0. The van der Waals surface area contributed by atoms with Gasteiger partial charge in [-0.1, -0.05) is 24.3 Å². The molecule has 1 unspecified atom stereocenters. The molecule has 0 spiro atoms. The number of hydrogen-bond acceptors (Lipinski definition) is 2. The molecule has 1 N–H and O–H groups in total. The molecule has 0 saturated carbocycles. The maximum Gasteiger partial charge on any atom is 0.263 e. The summed E-state index contributed by atoms with van der Waals surface area (Å²) in [6.45, 7) is 0.667. The Bertz CT molecular complexity index is 398. The van der Waals surface area contributed by atoms with Gasteiger partial charge in [0.15, 0.2) is 0 Å². The molecule has 1 atom stereocenters. The Morgan fingerprint density at radius 2 is 1.76 bits per heavy atom. The van der Waals surface area contributed by atoms with Crippen LogP contribution in [0.3, 0.4) is 0 Å². The van der Waals surface area contributed by atoms with Crippen molar-refractivity contribution in [1.29, 1.82) is 0 Å². The molecular formula is C13H14F2O2. The summed E-state index contributed by atoms with van der Waals surface area (Å²) < 4.78 is 29.9. The van der Waals surface area contributed by atoms with Gasteiger partial charge in [-0.25, -0.2) is 8.78 Å². The third-order valence-electron chi connectivity index (χ3n) is 2.82. The lowest BCUT2D eigenvalue weighted by Crippen LogP contribution is -2.07. The summed E-state index contributed by atoms with van der Waals surface area (Å²) in [5.74, 6) is 0. The van der Waals surface area contributed by atoms with Crippen molar-refractivity contribution in [1.82, 2.24) is 0 Å². The second-order valence-electron chi connectivity index (χ2n) is 4.04. The van der Waals surface area contributed by atoms with Gasteiger partial charge in [0.2, 0.25) is 0 Å². The minimum atomic E-state index is -2.47. The van der Waals surface area contributed by atoms with Crippen molar-refractivity contribution >= 4 is 0 Å². The lowest BCUT2D eigenvalue weighted by atomic mass is 9.97. The molecule has 1 aliphatic rings. The van der Waals surface area contributed by atoms with Crippen LogP contribution in [0, 0.1) is 0 Å². The highest BCUT2D eigenvalue weighted by Gasteiger charge is 2.17. The van der Waals surface area contributed by atoms with Crippen LogP contribution in [-0.2, 0) is 4.74 Å². The summed E-state index contributed by atoms with van der Waals surface area (Å²) in [5, 5.41) is 10.0. The van der Waals surface area contributed by atoms with E-state index in [1.165, 1.54) is 24.3 Å². The number of aliphatic hydroxyl groups is 1. The van der Waals surface area contributed by atoms with Gasteiger partial charge in [-0.05, 0) is 24.0 Å². The molecule has 17 heavy (non-hydrogen) atoms. The number of halogens is 2. The van der Waals surface area contributed by atoms with E-state index in [1.54, 1.807) is 6.26 Å². The molecule has 1 aliphatic heterocycles. The van der Waals surface area contributed by atoms with Crippen LogP contribution in [-0.4, -0.2) is 11.7 Å². The zero-order chi connectivity index (χ0) is 12.3. The first-order valence-corrected chi connectivity index (χ1v) is 5.55. The highest BCUT2D eigenvalue weighted by atomic mass is 19.3. The number of alkyl halides is 2. The standard InChI is InChI=1S/C13H14F2O2/c14-13(15)10-5-3-9(4-6-10)12(16)11-2-1-7-17-8-11/h3-6,8,12-13,16H,1-2,7H2. The van der Waals surface area contributed by atoms with E-state index in [1.807, 2.05) is 0 Å². The molecule has 0 aliphatic carbocycles. The van der Waals surface area contributed by atoms with Gasteiger partial charge < -0.3 is 9.84 Å². The first-order valence-electron chi connectivity index (χ1n) is 5.55. The summed E-state index contributed by atoms with van der Waals surface area (Å²) in [5.41, 5.74) is 1.38. The zero-order valence-corrected chi connectivity index (χ0v) is 9.27. The summed E-state index contributed by atoms with van der Waals surface area (Å²) in [7, 11) is 0. The molecule has 1 aromatic carbocycles. The third kappa shape index (κ3) is 2.82. The fourth-order valence-corrected chi connectivity index (χ4v) is 1.82. The second kappa shape index (κ2) is 5.27.